The number of aliphatic imine (C=N–C) groups is 1. The number of carbonyl (C=O) groups excluding carboxylic acids is 1. The van der Waals surface area contributed by atoms with Gasteiger partial charge >= 0.3 is 0 Å². The summed E-state index contributed by atoms with van der Waals surface area (Å²) < 4.78 is 5.24. The molecule has 1 atom stereocenters. The van der Waals surface area contributed by atoms with E-state index in [1.165, 1.54) is 5.48 Å². The Bertz CT molecular complexity index is 519. The van der Waals surface area contributed by atoms with Crippen molar-refractivity contribution in [3.05, 3.63) is 35.4 Å². The number of ether oxygens (including phenoxy) is 1. The van der Waals surface area contributed by atoms with Crippen molar-refractivity contribution in [2.24, 2.45) is 4.99 Å². The number of hydrogen-bond acceptors (Lipinski definition) is 5. The maximum Gasteiger partial charge on any atom is 0.271 e. The minimum atomic E-state index is -0.749. The molecule has 1 aliphatic rings. The standard InChI is InChI=1S/C11H9N3O3/c12-5-7-2-1-3-8(4-7)11-13-9(6-17-11)10(15)14-16/h1-4,9,16H,6H2,(H,14,15)/t9-/m1/s1. The first-order valence-corrected chi connectivity index (χ1v) is 4.89. The molecule has 17 heavy (non-hydrogen) atoms. The van der Waals surface area contributed by atoms with Crippen LogP contribution in [0.3, 0.4) is 0 Å². The van der Waals surface area contributed by atoms with Gasteiger partial charge in [0.2, 0.25) is 5.90 Å². The summed E-state index contributed by atoms with van der Waals surface area (Å²) in [4.78, 5) is 15.1. The molecule has 1 aromatic rings. The molecule has 86 valence electrons. The quantitative estimate of drug-likeness (QED) is 0.561. The number of hydroxylamine groups is 1. The molecule has 6 nitrogen and oxygen atoms in total. The lowest BCUT2D eigenvalue weighted by molar-refractivity contribution is -0.130. The van der Waals surface area contributed by atoms with Gasteiger partial charge < -0.3 is 4.74 Å². The van der Waals surface area contributed by atoms with Gasteiger partial charge in [0.15, 0.2) is 6.04 Å². The summed E-state index contributed by atoms with van der Waals surface area (Å²) in [5.74, 6) is -0.313. The van der Waals surface area contributed by atoms with Crippen molar-refractivity contribution in [2.75, 3.05) is 6.61 Å². The van der Waals surface area contributed by atoms with E-state index < -0.39 is 11.9 Å². The monoisotopic (exact) mass is 231 g/mol. The van der Waals surface area contributed by atoms with Gasteiger partial charge in [-0.25, -0.2) is 10.5 Å². The summed E-state index contributed by atoms with van der Waals surface area (Å²) in [7, 11) is 0. The number of nitrogens with one attached hydrogen (secondary N) is 1. The lowest BCUT2D eigenvalue weighted by atomic mass is 10.1. The van der Waals surface area contributed by atoms with E-state index in [1.807, 2.05) is 6.07 Å². The maximum atomic E-state index is 11.1. The molecule has 1 aliphatic heterocycles. The van der Waals surface area contributed by atoms with Gasteiger partial charge in [0.25, 0.3) is 5.91 Å². The van der Waals surface area contributed by atoms with Crippen LogP contribution in [0.5, 0.6) is 0 Å². The summed E-state index contributed by atoms with van der Waals surface area (Å²) in [6, 6.07) is 7.99. The highest BCUT2D eigenvalue weighted by Crippen LogP contribution is 2.13. The summed E-state index contributed by atoms with van der Waals surface area (Å²) in [5, 5.41) is 17.2. The van der Waals surface area contributed by atoms with Crippen molar-refractivity contribution < 1.29 is 14.7 Å². The minimum Gasteiger partial charge on any atom is -0.475 e. The van der Waals surface area contributed by atoms with Crippen LogP contribution in [0, 0.1) is 11.3 Å². The van der Waals surface area contributed by atoms with Crippen LogP contribution in [-0.4, -0.2) is 29.7 Å². The van der Waals surface area contributed by atoms with Crippen LogP contribution >= 0.6 is 0 Å². The molecular formula is C11H9N3O3. The molecule has 0 aliphatic carbocycles. The van der Waals surface area contributed by atoms with E-state index in [2.05, 4.69) is 4.99 Å². The summed E-state index contributed by atoms with van der Waals surface area (Å²) in [6.45, 7) is 0.0819. The molecule has 0 aromatic heterocycles. The van der Waals surface area contributed by atoms with Gasteiger partial charge in [0.1, 0.15) is 6.61 Å². The third kappa shape index (κ3) is 2.24. The maximum absolute atomic E-state index is 11.1. The Morgan fingerprint density at radius 1 is 1.65 bits per heavy atom. The molecule has 0 bridgehead atoms. The predicted molar refractivity (Wildman–Crippen MR) is 57.4 cm³/mol. The molecule has 2 N–H and O–H groups in total. The molecule has 0 saturated heterocycles. The number of benzene rings is 1. The number of carbonyl (C=O) groups is 1. The van der Waals surface area contributed by atoms with Crippen LogP contribution in [0.2, 0.25) is 0 Å². The second kappa shape index (κ2) is 4.63. The zero-order valence-corrected chi connectivity index (χ0v) is 8.75. The van der Waals surface area contributed by atoms with E-state index in [0.29, 0.717) is 17.0 Å². The minimum absolute atomic E-state index is 0.0819. The Labute approximate surface area is 97.1 Å². The molecule has 0 spiro atoms. The first-order valence-electron chi connectivity index (χ1n) is 4.89. The normalized spacial score (nSPS) is 17.9. The number of amides is 1. The van der Waals surface area contributed by atoms with Crippen molar-refractivity contribution in [2.45, 2.75) is 6.04 Å². The Morgan fingerprint density at radius 2 is 2.47 bits per heavy atom. The Balaban J connectivity index is 2.24. The first-order chi connectivity index (χ1) is 8.24. The SMILES string of the molecule is N#Cc1cccc(C2=N[C@@H](C(=O)NO)CO2)c1. The van der Waals surface area contributed by atoms with Crippen LogP contribution in [-0.2, 0) is 9.53 Å². The fourth-order valence-corrected chi connectivity index (χ4v) is 1.46. The molecule has 6 heteroatoms. The molecule has 0 unspecified atom stereocenters. The predicted octanol–water partition coefficient (Wildman–Crippen LogP) is 0.209. The van der Waals surface area contributed by atoms with E-state index in [4.69, 9.17) is 15.2 Å². The number of nitrogens with zero attached hydrogens (tertiary/aromatic N) is 2. The van der Waals surface area contributed by atoms with Crippen LogP contribution < -0.4 is 5.48 Å². The molecule has 2 rings (SSSR count). The van der Waals surface area contributed by atoms with E-state index in [1.54, 1.807) is 24.3 Å². The molecule has 1 amide bonds. The number of nitriles is 1. The smallest absolute Gasteiger partial charge is 0.271 e. The second-order valence-electron chi connectivity index (χ2n) is 3.43. The van der Waals surface area contributed by atoms with Gasteiger partial charge in [-0.3, -0.25) is 10.0 Å². The first kappa shape index (κ1) is 11.1. The van der Waals surface area contributed by atoms with Crippen LogP contribution in [0.1, 0.15) is 11.1 Å². The van der Waals surface area contributed by atoms with Crippen molar-refractivity contribution in [3.63, 3.8) is 0 Å². The zero-order chi connectivity index (χ0) is 12.3. The lowest BCUT2D eigenvalue weighted by Crippen LogP contribution is -2.31. The highest BCUT2D eigenvalue weighted by molar-refractivity contribution is 5.98. The molecular weight excluding hydrogens is 222 g/mol. The molecule has 0 saturated carbocycles. The zero-order valence-electron chi connectivity index (χ0n) is 8.75. The summed E-state index contributed by atoms with van der Waals surface area (Å²) in [5.41, 5.74) is 2.65. The molecule has 0 radical (unpaired) electrons. The van der Waals surface area contributed by atoms with Gasteiger partial charge in [-0.15, -0.1) is 0 Å². The lowest BCUT2D eigenvalue weighted by Gasteiger charge is -2.01. The summed E-state index contributed by atoms with van der Waals surface area (Å²) >= 11 is 0. The van der Waals surface area contributed by atoms with Crippen LogP contribution in [0.25, 0.3) is 0 Å². The van der Waals surface area contributed by atoms with Gasteiger partial charge in [-0.2, -0.15) is 5.26 Å². The van der Waals surface area contributed by atoms with Gasteiger partial charge in [-0.05, 0) is 18.2 Å². The third-order valence-corrected chi connectivity index (χ3v) is 2.30. The largest absolute Gasteiger partial charge is 0.475 e. The Morgan fingerprint density at radius 3 is 3.18 bits per heavy atom. The fraction of sp³-hybridized carbons (Fsp3) is 0.182. The summed E-state index contributed by atoms with van der Waals surface area (Å²) in [6.07, 6.45) is 0. The average Bonchev–Trinajstić information content (AvgIpc) is 2.87. The average molecular weight is 231 g/mol. The van der Waals surface area contributed by atoms with Crippen molar-refractivity contribution in [3.8, 4) is 6.07 Å². The van der Waals surface area contributed by atoms with Gasteiger partial charge in [0.05, 0.1) is 11.6 Å². The molecule has 1 aromatic carbocycles. The van der Waals surface area contributed by atoms with Gasteiger partial charge in [0, 0.05) is 5.56 Å². The van der Waals surface area contributed by atoms with E-state index in [-0.39, 0.29) is 6.61 Å². The topological polar surface area (TPSA) is 94.7 Å². The molecule has 0 fully saturated rings. The number of rotatable bonds is 2. The van der Waals surface area contributed by atoms with Crippen LogP contribution in [0.15, 0.2) is 29.3 Å². The fourth-order valence-electron chi connectivity index (χ4n) is 1.46. The van der Waals surface area contributed by atoms with E-state index in [9.17, 15) is 4.79 Å². The van der Waals surface area contributed by atoms with Crippen molar-refractivity contribution in [1.29, 1.82) is 5.26 Å². The van der Waals surface area contributed by atoms with Crippen molar-refractivity contribution >= 4 is 11.8 Å². The highest BCUT2D eigenvalue weighted by atomic mass is 16.5. The van der Waals surface area contributed by atoms with Crippen molar-refractivity contribution in [1.82, 2.24) is 5.48 Å². The van der Waals surface area contributed by atoms with E-state index >= 15 is 0 Å². The Kier molecular flexibility index (Phi) is 3.03. The van der Waals surface area contributed by atoms with E-state index in [0.717, 1.165) is 0 Å². The Hall–Kier alpha value is -2.39. The highest BCUT2D eigenvalue weighted by Gasteiger charge is 2.26. The second-order valence-corrected chi connectivity index (χ2v) is 3.43. The number of hydrogen-bond donors (Lipinski definition) is 2. The van der Waals surface area contributed by atoms with Crippen LogP contribution in [0.4, 0.5) is 0 Å². The third-order valence-electron chi connectivity index (χ3n) is 2.30. The molecule has 1 heterocycles. The van der Waals surface area contributed by atoms with Gasteiger partial charge in [-0.1, -0.05) is 6.07 Å².